The summed E-state index contributed by atoms with van der Waals surface area (Å²) in [6.07, 6.45) is 0. The minimum absolute atomic E-state index is 0.0330. The van der Waals surface area contributed by atoms with Crippen molar-refractivity contribution in [1.82, 2.24) is 0 Å². The number of carboxylic acids is 1. The molecule has 0 unspecified atom stereocenters. The standard InChI is InChI=1S/C22H15NO5/c1-12-14(21(25)26)7-4-8-18(12)23-20(24)17-11-16-15-6-3-2-5-13(15)9-10-19(16)28-22(17)27/h2-11H,1H3,(H,23,24)(H,25,26)/p-1. The van der Waals surface area contributed by atoms with Gasteiger partial charge in [0.15, 0.2) is 0 Å². The summed E-state index contributed by atoms with van der Waals surface area (Å²) >= 11 is 0. The van der Waals surface area contributed by atoms with E-state index >= 15 is 0 Å². The predicted molar refractivity (Wildman–Crippen MR) is 103 cm³/mol. The third-order valence-corrected chi connectivity index (χ3v) is 4.69. The Morgan fingerprint density at radius 2 is 1.71 bits per heavy atom. The summed E-state index contributed by atoms with van der Waals surface area (Å²) in [6.45, 7) is 1.55. The number of aromatic carboxylic acids is 1. The molecule has 0 saturated heterocycles. The zero-order valence-electron chi connectivity index (χ0n) is 14.8. The minimum atomic E-state index is -1.34. The van der Waals surface area contributed by atoms with Gasteiger partial charge in [0.05, 0.1) is 5.97 Å². The van der Waals surface area contributed by atoms with Crippen LogP contribution in [0.25, 0.3) is 21.7 Å². The summed E-state index contributed by atoms with van der Waals surface area (Å²) in [5.41, 5.74) is 0.0383. The van der Waals surface area contributed by atoms with Gasteiger partial charge in [-0.2, -0.15) is 0 Å². The number of amides is 1. The molecule has 1 N–H and O–H groups in total. The Morgan fingerprint density at radius 3 is 2.50 bits per heavy atom. The van der Waals surface area contributed by atoms with Crippen molar-refractivity contribution in [3.63, 3.8) is 0 Å². The molecule has 1 amide bonds. The van der Waals surface area contributed by atoms with Crippen LogP contribution in [-0.4, -0.2) is 11.9 Å². The first kappa shape index (κ1) is 17.5. The molecule has 4 rings (SSSR count). The third kappa shape index (κ3) is 2.91. The topological polar surface area (TPSA) is 99.4 Å². The summed E-state index contributed by atoms with van der Waals surface area (Å²) in [5, 5.41) is 16.2. The molecule has 0 atom stereocenters. The van der Waals surface area contributed by atoms with Gasteiger partial charge in [-0.25, -0.2) is 4.79 Å². The van der Waals surface area contributed by atoms with E-state index in [0.29, 0.717) is 16.5 Å². The lowest BCUT2D eigenvalue weighted by atomic mass is 10.0. The molecule has 3 aromatic carbocycles. The first-order valence-electron chi connectivity index (χ1n) is 8.53. The molecule has 0 bridgehead atoms. The summed E-state index contributed by atoms with van der Waals surface area (Å²) in [6, 6.07) is 17.0. The molecule has 138 valence electrons. The van der Waals surface area contributed by atoms with Gasteiger partial charge in [-0.05, 0) is 41.5 Å². The van der Waals surface area contributed by atoms with Crippen LogP contribution in [0.5, 0.6) is 0 Å². The molecule has 28 heavy (non-hydrogen) atoms. The molecule has 4 aromatic rings. The summed E-state index contributed by atoms with van der Waals surface area (Å²) in [4.78, 5) is 36.2. The molecule has 0 radical (unpaired) electrons. The highest BCUT2D eigenvalue weighted by atomic mass is 16.4. The average molecular weight is 372 g/mol. The highest BCUT2D eigenvalue weighted by molar-refractivity contribution is 6.10. The summed E-state index contributed by atoms with van der Waals surface area (Å²) in [5.74, 6) is -2.02. The van der Waals surface area contributed by atoms with E-state index in [1.807, 2.05) is 30.3 Å². The van der Waals surface area contributed by atoms with Crippen LogP contribution < -0.4 is 16.0 Å². The van der Waals surface area contributed by atoms with Gasteiger partial charge in [-0.15, -0.1) is 0 Å². The number of hydrogen-bond donors (Lipinski definition) is 1. The number of carbonyl (C=O) groups excluding carboxylic acids is 2. The number of benzene rings is 3. The van der Waals surface area contributed by atoms with Crippen molar-refractivity contribution in [2.75, 3.05) is 5.32 Å². The molecule has 0 aliphatic heterocycles. The summed E-state index contributed by atoms with van der Waals surface area (Å²) in [7, 11) is 0. The van der Waals surface area contributed by atoms with Gasteiger partial charge in [0.25, 0.3) is 5.91 Å². The largest absolute Gasteiger partial charge is 0.545 e. The minimum Gasteiger partial charge on any atom is -0.545 e. The molecule has 0 fully saturated rings. The second kappa shape index (κ2) is 6.66. The lowest BCUT2D eigenvalue weighted by Gasteiger charge is -2.13. The van der Waals surface area contributed by atoms with Crippen LogP contribution in [0.1, 0.15) is 26.3 Å². The summed E-state index contributed by atoms with van der Waals surface area (Å²) < 4.78 is 5.33. The monoisotopic (exact) mass is 372 g/mol. The highest BCUT2D eigenvalue weighted by Gasteiger charge is 2.16. The Hall–Kier alpha value is -3.93. The Balaban J connectivity index is 1.81. The maximum atomic E-state index is 12.7. The van der Waals surface area contributed by atoms with E-state index in [-0.39, 0.29) is 16.8 Å². The van der Waals surface area contributed by atoms with E-state index in [1.54, 1.807) is 19.1 Å². The van der Waals surface area contributed by atoms with Crippen molar-refractivity contribution < 1.29 is 19.1 Å². The Bertz CT molecular complexity index is 1320. The van der Waals surface area contributed by atoms with E-state index < -0.39 is 17.5 Å². The maximum absolute atomic E-state index is 12.7. The fourth-order valence-electron chi connectivity index (χ4n) is 3.21. The fraction of sp³-hybridized carbons (Fsp3) is 0.0455. The Kier molecular flexibility index (Phi) is 4.16. The van der Waals surface area contributed by atoms with Gasteiger partial charge in [-0.1, -0.05) is 42.5 Å². The highest BCUT2D eigenvalue weighted by Crippen LogP contribution is 2.25. The van der Waals surface area contributed by atoms with Crippen LogP contribution in [-0.2, 0) is 0 Å². The van der Waals surface area contributed by atoms with Gasteiger partial charge >= 0.3 is 5.63 Å². The van der Waals surface area contributed by atoms with Crippen molar-refractivity contribution in [2.24, 2.45) is 0 Å². The van der Waals surface area contributed by atoms with E-state index in [4.69, 9.17) is 4.42 Å². The van der Waals surface area contributed by atoms with Crippen LogP contribution in [0, 0.1) is 6.92 Å². The van der Waals surface area contributed by atoms with Crippen molar-refractivity contribution >= 4 is 39.3 Å². The first-order valence-corrected chi connectivity index (χ1v) is 8.53. The molecular weight excluding hydrogens is 358 g/mol. The van der Waals surface area contributed by atoms with Gasteiger partial charge < -0.3 is 19.6 Å². The van der Waals surface area contributed by atoms with Crippen molar-refractivity contribution in [1.29, 1.82) is 0 Å². The van der Waals surface area contributed by atoms with E-state index in [2.05, 4.69) is 5.32 Å². The molecule has 1 aromatic heterocycles. The molecule has 0 saturated carbocycles. The number of carbonyl (C=O) groups is 2. The van der Waals surface area contributed by atoms with Crippen LogP contribution in [0.15, 0.2) is 69.9 Å². The quantitative estimate of drug-likeness (QED) is 0.440. The van der Waals surface area contributed by atoms with Crippen LogP contribution >= 0.6 is 0 Å². The Morgan fingerprint density at radius 1 is 0.929 bits per heavy atom. The number of carboxylic acid groups (broad SMARTS) is 1. The molecule has 6 nitrogen and oxygen atoms in total. The average Bonchev–Trinajstić information content (AvgIpc) is 2.68. The van der Waals surface area contributed by atoms with Crippen molar-refractivity contribution in [3.8, 4) is 0 Å². The Labute approximate surface area is 159 Å². The second-order valence-corrected chi connectivity index (χ2v) is 6.37. The zero-order chi connectivity index (χ0) is 19.8. The van der Waals surface area contributed by atoms with Crippen LogP contribution in [0.2, 0.25) is 0 Å². The smallest absolute Gasteiger partial charge is 0.349 e. The zero-order valence-corrected chi connectivity index (χ0v) is 14.8. The normalized spacial score (nSPS) is 10.9. The van der Waals surface area contributed by atoms with Crippen LogP contribution in [0.3, 0.4) is 0 Å². The van der Waals surface area contributed by atoms with Crippen LogP contribution in [0.4, 0.5) is 5.69 Å². The molecule has 0 aliphatic carbocycles. The van der Waals surface area contributed by atoms with Crippen molar-refractivity contribution in [2.45, 2.75) is 6.92 Å². The van der Waals surface area contributed by atoms with E-state index in [0.717, 1.165) is 10.8 Å². The van der Waals surface area contributed by atoms with Crippen molar-refractivity contribution in [3.05, 3.63) is 87.8 Å². The maximum Gasteiger partial charge on any atom is 0.349 e. The molecule has 0 aliphatic rings. The second-order valence-electron chi connectivity index (χ2n) is 6.37. The fourth-order valence-corrected chi connectivity index (χ4v) is 3.21. The van der Waals surface area contributed by atoms with Gasteiger partial charge in [0, 0.05) is 16.6 Å². The molecule has 6 heteroatoms. The molecular formula is C22H14NO5-. The number of fused-ring (bicyclic) bond motifs is 3. The lowest BCUT2D eigenvalue weighted by molar-refractivity contribution is -0.255. The SMILES string of the molecule is Cc1c(NC(=O)c2cc3c(ccc4ccccc43)oc2=O)cccc1C(=O)[O-]. The third-order valence-electron chi connectivity index (χ3n) is 4.69. The molecule has 1 heterocycles. The predicted octanol–water partition coefficient (Wildman–Crippen LogP) is 2.87. The van der Waals surface area contributed by atoms with Gasteiger partial charge in [-0.3, -0.25) is 4.79 Å². The number of nitrogens with one attached hydrogen (secondary N) is 1. The number of rotatable bonds is 3. The first-order chi connectivity index (χ1) is 13.5. The number of anilines is 1. The van der Waals surface area contributed by atoms with E-state index in [9.17, 15) is 19.5 Å². The van der Waals surface area contributed by atoms with E-state index in [1.165, 1.54) is 18.2 Å². The lowest BCUT2D eigenvalue weighted by Crippen LogP contribution is -2.25. The number of hydrogen-bond acceptors (Lipinski definition) is 5. The van der Waals surface area contributed by atoms with Gasteiger partial charge in [0.2, 0.25) is 0 Å². The molecule has 0 spiro atoms. The van der Waals surface area contributed by atoms with Gasteiger partial charge in [0.1, 0.15) is 11.1 Å².